The molecule has 1 atom stereocenters. The van der Waals surface area contributed by atoms with Gasteiger partial charge in [-0.15, -0.1) is 11.8 Å². The van der Waals surface area contributed by atoms with Gasteiger partial charge >= 0.3 is 0 Å². The third kappa shape index (κ3) is 4.15. The van der Waals surface area contributed by atoms with Crippen molar-refractivity contribution in [1.29, 1.82) is 0 Å². The number of thiazole rings is 1. The highest BCUT2D eigenvalue weighted by Gasteiger charge is 2.39. The third-order valence-corrected chi connectivity index (χ3v) is 8.59. The number of rotatable bonds is 5. The van der Waals surface area contributed by atoms with Crippen LogP contribution < -0.4 is 5.32 Å². The van der Waals surface area contributed by atoms with E-state index in [0.29, 0.717) is 29.5 Å². The molecule has 152 valence electrons. The summed E-state index contributed by atoms with van der Waals surface area (Å²) in [6.45, 7) is 0.306. The Labute approximate surface area is 182 Å². The Bertz CT molecular complexity index is 1160. The van der Waals surface area contributed by atoms with Crippen LogP contribution in [0.4, 0.5) is 5.13 Å². The van der Waals surface area contributed by atoms with Gasteiger partial charge in [0.05, 0.1) is 15.1 Å². The number of benzene rings is 2. The van der Waals surface area contributed by atoms with Gasteiger partial charge in [-0.2, -0.15) is 4.31 Å². The van der Waals surface area contributed by atoms with Crippen LogP contribution in [0.5, 0.6) is 0 Å². The van der Waals surface area contributed by atoms with Crippen LogP contribution in [0.3, 0.4) is 0 Å². The fourth-order valence-corrected chi connectivity index (χ4v) is 6.51. The second kappa shape index (κ2) is 8.23. The minimum absolute atomic E-state index is 0.131. The van der Waals surface area contributed by atoms with E-state index in [-0.39, 0.29) is 10.8 Å². The Kier molecular flexibility index (Phi) is 5.85. The fourth-order valence-electron chi connectivity index (χ4n) is 3.31. The zero-order valence-electron chi connectivity index (χ0n) is 15.5. The van der Waals surface area contributed by atoms with Crippen molar-refractivity contribution in [2.75, 3.05) is 18.1 Å². The van der Waals surface area contributed by atoms with Crippen molar-refractivity contribution in [2.24, 2.45) is 0 Å². The standard InChI is InChI=1S/C19H18ClN3O3S3/c1-27-13-6-9-15-17(11-13)28-19(21-15)22-18(24)16-3-2-10-23(16)29(25,26)14-7-4-12(20)5-8-14/h4-9,11,16H,2-3,10H2,1H3,(H,21,22,24). The second-order valence-corrected chi connectivity index (χ2v) is 10.8. The van der Waals surface area contributed by atoms with Gasteiger partial charge in [0.25, 0.3) is 0 Å². The van der Waals surface area contributed by atoms with Gasteiger partial charge in [-0.05, 0) is 61.6 Å². The maximum Gasteiger partial charge on any atom is 0.244 e. The number of hydrogen-bond acceptors (Lipinski definition) is 6. The number of sulfonamides is 1. The van der Waals surface area contributed by atoms with Crippen molar-refractivity contribution >= 4 is 66.0 Å². The van der Waals surface area contributed by atoms with E-state index < -0.39 is 16.1 Å². The summed E-state index contributed by atoms with van der Waals surface area (Å²) in [5.74, 6) is -0.357. The SMILES string of the molecule is CSc1ccc2nc(NC(=O)C3CCCN3S(=O)(=O)c3ccc(Cl)cc3)sc2c1. The van der Waals surface area contributed by atoms with Gasteiger partial charge in [-0.25, -0.2) is 13.4 Å². The molecule has 6 nitrogen and oxygen atoms in total. The van der Waals surface area contributed by atoms with E-state index in [1.54, 1.807) is 11.8 Å². The summed E-state index contributed by atoms with van der Waals surface area (Å²) in [5, 5.41) is 3.74. The summed E-state index contributed by atoms with van der Waals surface area (Å²) >= 11 is 8.88. The molecule has 1 aromatic heterocycles. The van der Waals surface area contributed by atoms with Gasteiger partial charge in [-0.3, -0.25) is 4.79 Å². The summed E-state index contributed by atoms with van der Waals surface area (Å²) < 4.78 is 28.3. The number of nitrogens with one attached hydrogen (secondary N) is 1. The topological polar surface area (TPSA) is 79.4 Å². The first-order valence-corrected chi connectivity index (χ1v) is 12.8. The van der Waals surface area contributed by atoms with Crippen LogP contribution in [0, 0.1) is 0 Å². The first-order valence-electron chi connectivity index (χ1n) is 8.91. The molecule has 0 aliphatic carbocycles. The van der Waals surface area contributed by atoms with Gasteiger partial charge in [-0.1, -0.05) is 22.9 Å². The van der Waals surface area contributed by atoms with Crippen LogP contribution >= 0.6 is 34.7 Å². The summed E-state index contributed by atoms with van der Waals surface area (Å²) in [7, 11) is -3.78. The Morgan fingerprint density at radius 2 is 2.03 bits per heavy atom. The lowest BCUT2D eigenvalue weighted by atomic mass is 10.2. The van der Waals surface area contributed by atoms with Gasteiger partial charge < -0.3 is 5.32 Å². The van der Waals surface area contributed by atoms with Crippen LogP contribution in [0.2, 0.25) is 5.02 Å². The van der Waals surface area contributed by atoms with E-state index in [2.05, 4.69) is 10.3 Å². The number of hydrogen-bond donors (Lipinski definition) is 1. The zero-order chi connectivity index (χ0) is 20.6. The highest BCUT2D eigenvalue weighted by Crippen LogP contribution is 2.31. The minimum atomic E-state index is -3.78. The second-order valence-electron chi connectivity index (χ2n) is 6.57. The van der Waals surface area contributed by atoms with E-state index in [1.165, 1.54) is 39.9 Å². The van der Waals surface area contributed by atoms with Crippen LogP contribution in [0.15, 0.2) is 52.3 Å². The Morgan fingerprint density at radius 3 is 2.76 bits per heavy atom. The van der Waals surface area contributed by atoms with Gasteiger partial charge in [0.1, 0.15) is 6.04 Å². The molecular formula is C19H18ClN3O3S3. The van der Waals surface area contributed by atoms with Crippen molar-refractivity contribution in [3.63, 3.8) is 0 Å². The number of thioether (sulfide) groups is 1. The number of anilines is 1. The van der Waals surface area contributed by atoms with Gasteiger partial charge in [0.15, 0.2) is 5.13 Å². The fraction of sp³-hybridized carbons (Fsp3) is 0.263. The predicted octanol–water partition coefficient (Wildman–Crippen LogP) is 4.46. The Balaban J connectivity index is 1.55. The molecular weight excluding hydrogens is 450 g/mol. The van der Waals surface area contributed by atoms with Crippen molar-refractivity contribution in [2.45, 2.75) is 28.7 Å². The molecule has 1 aliphatic rings. The third-order valence-electron chi connectivity index (χ3n) is 4.75. The normalized spacial score (nSPS) is 17.7. The Hall–Kier alpha value is -1.65. The summed E-state index contributed by atoms with van der Waals surface area (Å²) in [6.07, 6.45) is 3.10. The van der Waals surface area contributed by atoms with Crippen molar-refractivity contribution < 1.29 is 13.2 Å². The van der Waals surface area contributed by atoms with Crippen molar-refractivity contribution in [3.8, 4) is 0 Å². The molecule has 0 bridgehead atoms. The number of nitrogens with zero attached hydrogens (tertiary/aromatic N) is 2. The predicted molar refractivity (Wildman–Crippen MR) is 118 cm³/mol. The lowest BCUT2D eigenvalue weighted by Crippen LogP contribution is -2.43. The monoisotopic (exact) mass is 467 g/mol. The van der Waals surface area contributed by atoms with E-state index in [1.807, 2.05) is 24.5 Å². The van der Waals surface area contributed by atoms with Crippen molar-refractivity contribution in [3.05, 3.63) is 47.5 Å². The quantitative estimate of drug-likeness (QED) is 0.560. The molecule has 2 aromatic carbocycles. The average molecular weight is 468 g/mol. The molecule has 0 spiro atoms. The maximum atomic E-state index is 13.0. The maximum absolute atomic E-state index is 13.0. The molecule has 1 N–H and O–H groups in total. The number of carbonyl (C=O) groups excluding carboxylic acids is 1. The summed E-state index contributed by atoms with van der Waals surface area (Å²) in [4.78, 5) is 18.6. The van der Waals surface area contributed by atoms with E-state index in [0.717, 1.165) is 15.1 Å². The zero-order valence-corrected chi connectivity index (χ0v) is 18.7. The lowest BCUT2D eigenvalue weighted by molar-refractivity contribution is -0.119. The molecule has 0 radical (unpaired) electrons. The molecule has 1 aliphatic heterocycles. The molecule has 29 heavy (non-hydrogen) atoms. The number of amides is 1. The summed E-state index contributed by atoms with van der Waals surface area (Å²) in [5.41, 5.74) is 0.806. The van der Waals surface area contributed by atoms with Crippen molar-refractivity contribution in [1.82, 2.24) is 9.29 Å². The Morgan fingerprint density at radius 1 is 1.28 bits per heavy atom. The minimum Gasteiger partial charge on any atom is -0.301 e. The number of halogens is 1. The average Bonchev–Trinajstić information content (AvgIpc) is 3.34. The van der Waals surface area contributed by atoms with Gasteiger partial charge in [0.2, 0.25) is 15.9 Å². The molecule has 0 saturated carbocycles. The molecule has 1 amide bonds. The number of aromatic nitrogens is 1. The molecule has 1 unspecified atom stereocenters. The van der Waals surface area contributed by atoms with Crippen LogP contribution in [-0.2, 0) is 14.8 Å². The highest BCUT2D eigenvalue weighted by molar-refractivity contribution is 7.98. The van der Waals surface area contributed by atoms with E-state index in [9.17, 15) is 13.2 Å². The molecule has 4 rings (SSSR count). The molecule has 3 aromatic rings. The van der Waals surface area contributed by atoms with Gasteiger partial charge in [0, 0.05) is 16.5 Å². The number of fused-ring (bicyclic) bond motifs is 1. The first-order chi connectivity index (χ1) is 13.9. The van der Waals surface area contributed by atoms with E-state index >= 15 is 0 Å². The van der Waals surface area contributed by atoms with Crippen LogP contribution in [-0.4, -0.2) is 42.5 Å². The molecule has 10 heteroatoms. The molecule has 2 heterocycles. The van der Waals surface area contributed by atoms with Crippen LogP contribution in [0.1, 0.15) is 12.8 Å². The number of carbonyl (C=O) groups is 1. The highest BCUT2D eigenvalue weighted by atomic mass is 35.5. The van der Waals surface area contributed by atoms with E-state index in [4.69, 9.17) is 11.6 Å². The van der Waals surface area contributed by atoms with Crippen LogP contribution in [0.25, 0.3) is 10.2 Å². The lowest BCUT2D eigenvalue weighted by Gasteiger charge is -2.23. The smallest absolute Gasteiger partial charge is 0.244 e. The largest absolute Gasteiger partial charge is 0.301 e. The molecule has 1 fully saturated rings. The summed E-state index contributed by atoms with van der Waals surface area (Å²) in [6, 6.07) is 11.1. The first kappa shape index (κ1) is 20.6. The molecule has 1 saturated heterocycles.